The molecule has 0 aromatic carbocycles. The molecule has 4 nitrogen and oxygen atoms in total. The Morgan fingerprint density at radius 1 is 1.24 bits per heavy atom. The van der Waals surface area contributed by atoms with Crippen LogP contribution < -0.4 is 5.32 Å². The summed E-state index contributed by atoms with van der Waals surface area (Å²) >= 11 is 0. The summed E-state index contributed by atoms with van der Waals surface area (Å²) in [6.07, 6.45) is 10.6. The lowest BCUT2D eigenvalue weighted by atomic mass is 10.0. The molecule has 0 radical (unpaired) electrons. The second-order valence-electron chi connectivity index (χ2n) is 5.19. The molecule has 0 aliphatic carbocycles. The number of hydrogen-bond donors (Lipinski definition) is 1. The van der Waals surface area contributed by atoms with Crippen LogP contribution >= 0.6 is 0 Å². The van der Waals surface area contributed by atoms with Crippen molar-refractivity contribution in [3.8, 4) is 0 Å². The lowest BCUT2D eigenvalue weighted by Gasteiger charge is -2.13. The Hall–Kier alpha value is -1.58. The molecule has 1 amide bonds. The first-order valence-electron chi connectivity index (χ1n) is 7.77. The first-order valence-corrected chi connectivity index (χ1v) is 7.77. The molecule has 0 rings (SSSR count). The topological polar surface area (TPSA) is 55.4 Å². The van der Waals surface area contributed by atoms with E-state index < -0.39 is 5.97 Å². The van der Waals surface area contributed by atoms with E-state index in [9.17, 15) is 9.59 Å². The molecule has 1 atom stereocenters. The van der Waals surface area contributed by atoms with Crippen molar-refractivity contribution in [2.75, 3.05) is 7.11 Å². The Kier molecular flexibility index (Phi) is 11.3. The monoisotopic (exact) mass is 295 g/mol. The highest BCUT2D eigenvalue weighted by Gasteiger charge is 2.17. The predicted molar refractivity (Wildman–Crippen MR) is 85.6 cm³/mol. The molecule has 4 heteroatoms. The standard InChI is InChI=1S/C17H29NO3/c1-5-7-8-9-10-11-13-14(3)16(19)18-15(12-6-2)17(20)21-4/h5,12,14H,1,6-11,13H2,2-4H3,(H,18,19). The number of rotatable bonds is 11. The van der Waals surface area contributed by atoms with Gasteiger partial charge in [0, 0.05) is 5.92 Å². The van der Waals surface area contributed by atoms with Gasteiger partial charge in [0.2, 0.25) is 5.91 Å². The number of esters is 1. The van der Waals surface area contributed by atoms with Crippen molar-refractivity contribution < 1.29 is 14.3 Å². The quantitative estimate of drug-likeness (QED) is 0.273. The zero-order valence-electron chi connectivity index (χ0n) is 13.6. The maximum Gasteiger partial charge on any atom is 0.354 e. The Morgan fingerprint density at radius 3 is 2.48 bits per heavy atom. The van der Waals surface area contributed by atoms with Gasteiger partial charge < -0.3 is 10.1 Å². The minimum atomic E-state index is -0.498. The number of hydrogen-bond acceptors (Lipinski definition) is 3. The summed E-state index contributed by atoms with van der Waals surface area (Å²) in [7, 11) is 1.31. The minimum absolute atomic E-state index is 0.102. The summed E-state index contributed by atoms with van der Waals surface area (Å²) in [4.78, 5) is 23.5. The molecule has 1 N–H and O–H groups in total. The van der Waals surface area contributed by atoms with E-state index in [0.29, 0.717) is 6.42 Å². The highest BCUT2D eigenvalue weighted by molar-refractivity contribution is 5.94. The zero-order valence-corrected chi connectivity index (χ0v) is 13.6. The first-order chi connectivity index (χ1) is 10.1. The fourth-order valence-electron chi connectivity index (χ4n) is 1.98. The molecule has 0 aromatic heterocycles. The Labute approximate surface area is 128 Å². The molecule has 0 saturated heterocycles. The second kappa shape index (κ2) is 12.2. The van der Waals surface area contributed by atoms with Crippen LogP contribution in [0.4, 0.5) is 0 Å². The molecule has 0 aliphatic rings. The van der Waals surface area contributed by atoms with E-state index in [0.717, 1.165) is 32.1 Å². The summed E-state index contributed by atoms with van der Waals surface area (Å²) < 4.78 is 4.65. The van der Waals surface area contributed by atoms with Crippen molar-refractivity contribution in [1.82, 2.24) is 5.32 Å². The molecule has 120 valence electrons. The van der Waals surface area contributed by atoms with Crippen LogP contribution in [0.25, 0.3) is 0 Å². The number of unbranched alkanes of at least 4 members (excludes halogenated alkanes) is 4. The maximum atomic E-state index is 12.0. The van der Waals surface area contributed by atoms with Crippen LogP contribution in [0.5, 0.6) is 0 Å². The zero-order chi connectivity index (χ0) is 16.1. The highest BCUT2D eigenvalue weighted by atomic mass is 16.5. The summed E-state index contributed by atoms with van der Waals surface area (Å²) in [5.74, 6) is -0.720. The van der Waals surface area contributed by atoms with Gasteiger partial charge in [0.1, 0.15) is 5.70 Å². The largest absolute Gasteiger partial charge is 0.464 e. The van der Waals surface area contributed by atoms with Gasteiger partial charge in [-0.2, -0.15) is 0 Å². The fraction of sp³-hybridized carbons (Fsp3) is 0.647. The number of nitrogens with one attached hydrogen (secondary N) is 1. The Balaban J connectivity index is 4.10. The van der Waals surface area contributed by atoms with Gasteiger partial charge in [-0.15, -0.1) is 6.58 Å². The summed E-state index contributed by atoms with van der Waals surface area (Å²) in [6.45, 7) is 7.49. The summed E-state index contributed by atoms with van der Waals surface area (Å²) in [5, 5.41) is 2.66. The van der Waals surface area contributed by atoms with E-state index in [4.69, 9.17) is 0 Å². The number of allylic oxidation sites excluding steroid dienone is 2. The normalized spacial score (nSPS) is 12.6. The Morgan fingerprint density at radius 2 is 1.90 bits per heavy atom. The van der Waals surface area contributed by atoms with Crippen LogP contribution in [0.3, 0.4) is 0 Å². The molecule has 0 spiro atoms. The molecule has 0 heterocycles. The average Bonchev–Trinajstić information content (AvgIpc) is 2.49. The van der Waals surface area contributed by atoms with E-state index in [2.05, 4.69) is 16.6 Å². The number of methoxy groups -OCH3 is 1. The average molecular weight is 295 g/mol. The number of carbonyl (C=O) groups is 2. The van der Waals surface area contributed by atoms with Crippen molar-refractivity contribution >= 4 is 11.9 Å². The molecule has 0 fully saturated rings. The molecular formula is C17H29NO3. The fourth-order valence-corrected chi connectivity index (χ4v) is 1.98. The minimum Gasteiger partial charge on any atom is -0.464 e. The van der Waals surface area contributed by atoms with E-state index in [1.54, 1.807) is 6.08 Å². The van der Waals surface area contributed by atoms with Crippen molar-refractivity contribution in [2.24, 2.45) is 5.92 Å². The highest BCUT2D eigenvalue weighted by Crippen LogP contribution is 2.12. The van der Waals surface area contributed by atoms with E-state index >= 15 is 0 Å². The van der Waals surface area contributed by atoms with Crippen molar-refractivity contribution in [3.63, 3.8) is 0 Å². The molecular weight excluding hydrogens is 266 g/mol. The molecule has 0 saturated carbocycles. The van der Waals surface area contributed by atoms with Crippen LogP contribution in [-0.2, 0) is 14.3 Å². The van der Waals surface area contributed by atoms with Crippen LogP contribution in [0.15, 0.2) is 24.4 Å². The third kappa shape index (κ3) is 9.05. The van der Waals surface area contributed by atoms with Crippen molar-refractivity contribution in [2.45, 2.75) is 58.8 Å². The molecule has 1 unspecified atom stereocenters. The second-order valence-corrected chi connectivity index (χ2v) is 5.19. The number of amides is 1. The number of carbonyl (C=O) groups excluding carboxylic acids is 2. The maximum absolute atomic E-state index is 12.0. The van der Waals surface area contributed by atoms with E-state index in [-0.39, 0.29) is 17.5 Å². The van der Waals surface area contributed by atoms with Gasteiger partial charge in [-0.3, -0.25) is 4.79 Å². The third-order valence-electron chi connectivity index (χ3n) is 3.31. The summed E-state index contributed by atoms with van der Waals surface area (Å²) in [6, 6.07) is 0. The smallest absolute Gasteiger partial charge is 0.354 e. The molecule has 0 bridgehead atoms. The Bertz CT molecular complexity index is 361. The van der Waals surface area contributed by atoms with Crippen LogP contribution in [0.2, 0.25) is 0 Å². The molecule has 21 heavy (non-hydrogen) atoms. The van der Waals surface area contributed by atoms with E-state index in [1.807, 2.05) is 19.9 Å². The van der Waals surface area contributed by atoms with Gasteiger partial charge in [-0.1, -0.05) is 45.3 Å². The van der Waals surface area contributed by atoms with E-state index in [1.165, 1.54) is 13.5 Å². The van der Waals surface area contributed by atoms with Gasteiger partial charge in [0.05, 0.1) is 7.11 Å². The van der Waals surface area contributed by atoms with Gasteiger partial charge in [0.15, 0.2) is 0 Å². The van der Waals surface area contributed by atoms with Crippen molar-refractivity contribution in [3.05, 3.63) is 24.4 Å². The third-order valence-corrected chi connectivity index (χ3v) is 3.31. The summed E-state index contributed by atoms with van der Waals surface area (Å²) in [5.41, 5.74) is 0.239. The van der Waals surface area contributed by atoms with Crippen LogP contribution in [0, 0.1) is 5.92 Å². The molecule has 0 aliphatic heterocycles. The van der Waals surface area contributed by atoms with Gasteiger partial charge in [-0.25, -0.2) is 4.79 Å². The van der Waals surface area contributed by atoms with Crippen LogP contribution in [0.1, 0.15) is 58.8 Å². The van der Waals surface area contributed by atoms with Crippen LogP contribution in [-0.4, -0.2) is 19.0 Å². The molecule has 0 aromatic rings. The van der Waals surface area contributed by atoms with Gasteiger partial charge in [-0.05, 0) is 25.7 Å². The first kappa shape index (κ1) is 19.4. The predicted octanol–water partition coefficient (Wildman–Crippen LogP) is 3.73. The lowest BCUT2D eigenvalue weighted by Crippen LogP contribution is -2.32. The number of ether oxygens (including phenoxy) is 1. The van der Waals surface area contributed by atoms with Gasteiger partial charge in [0.25, 0.3) is 0 Å². The SMILES string of the molecule is C=CCCCCCCC(C)C(=O)NC(=CCC)C(=O)OC. The van der Waals surface area contributed by atoms with Crippen molar-refractivity contribution in [1.29, 1.82) is 0 Å². The lowest BCUT2D eigenvalue weighted by molar-refractivity contribution is -0.138. The van der Waals surface area contributed by atoms with Gasteiger partial charge >= 0.3 is 5.97 Å².